The van der Waals surface area contributed by atoms with Crippen LogP contribution < -0.4 is 0 Å². The van der Waals surface area contributed by atoms with E-state index in [1.54, 1.807) is 29.4 Å². The molecule has 1 unspecified atom stereocenters. The second kappa shape index (κ2) is 7.30. The Bertz CT molecular complexity index is 582. The first-order valence-corrected chi connectivity index (χ1v) is 8.20. The van der Waals surface area contributed by atoms with Crippen molar-refractivity contribution in [2.45, 2.75) is 51.2 Å². The number of carbonyl (C=O) groups excluding carboxylic acids is 2. The first kappa shape index (κ1) is 18.4. The van der Waals surface area contributed by atoms with Gasteiger partial charge in [-0.15, -0.1) is 0 Å². The third kappa shape index (κ3) is 4.12. The summed E-state index contributed by atoms with van der Waals surface area (Å²) in [7, 11) is 1.54. The number of amides is 1. The minimum absolute atomic E-state index is 0.0957. The molecule has 1 saturated heterocycles. The van der Waals surface area contributed by atoms with Crippen LogP contribution in [-0.2, 0) is 25.5 Å². The number of ether oxygens (including phenoxy) is 2. The van der Waals surface area contributed by atoms with Gasteiger partial charge in [0.15, 0.2) is 5.54 Å². The van der Waals surface area contributed by atoms with Gasteiger partial charge in [-0.2, -0.15) is 0 Å². The number of hydrogen-bond donors (Lipinski definition) is 0. The average molecular weight is 334 g/mol. The van der Waals surface area contributed by atoms with Crippen LogP contribution in [0.4, 0.5) is 0 Å². The van der Waals surface area contributed by atoms with Crippen LogP contribution in [0.2, 0.25) is 0 Å². The van der Waals surface area contributed by atoms with Gasteiger partial charge in [0.05, 0.1) is 13.0 Å². The van der Waals surface area contributed by atoms with Gasteiger partial charge in [0.2, 0.25) is 5.91 Å². The molecular formula is C18H26N2O4. The molecule has 0 aromatic carbocycles. The minimum atomic E-state index is -1.04. The summed E-state index contributed by atoms with van der Waals surface area (Å²) in [6.07, 6.45) is 4.85. The smallest absolute Gasteiger partial charge is 0.335 e. The maximum atomic E-state index is 12.8. The highest BCUT2D eigenvalue weighted by Gasteiger charge is 2.51. The number of rotatable bonds is 5. The summed E-state index contributed by atoms with van der Waals surface area (Å²) < 4.78 is 10.9. The number of methoxy groups -OCH3 is 1. The van der Waals surface area contributed by atoms with Gasteiger partial charge in [0, 0.05) is 26.0 Å². The lowest BCUT2D eigenvalue weighted by Gasteiger charge is -2.37. The van der Waals surface area contributed by atoms with E-state index >= 15 is 0 Å². The Labute approximate surface area is 143 Å². The molecule has 2 heterocycles. The predicted octanol–water partition coefficient (Wildman–Crippen LogP) is 1.97. The van der Waals surface area contributed by atoms with E-state index in [0.717, 1.165) is 12.0 Å². The Morgan fingerprint density at radius 3 is 2.54 bits per heavy atom. The third-order valence-corrected chi connectivity index (χ3v) is 4.06. The Morgan fingerprint density at radius 2 is 1.96 bits per heavy atom. The Morgan fingerprint density at radius 1 is 1.29 bits per heavy atom. The van der Waals surface area contributed by atoms with Crippen LogP contribution in [0.15, 0.2) is 24.5 Å². The summed E-state index contributed by atoms with van der Waals surface area (Å²) in [6, 6.07) is 3.61. The van der Waals surface area contributed by atoms with Crippen LogP contribution in [0, 0.1) is 0 Å². The second-order valence-electron chi connectivity index (χ2n) is 7.15. The van der Waals surface area contributed by atoms with Crippen molar-refractivity contribution >= 4 is 11.9 Å². The van der Waals surface area contributed by atoms with Crippen molar-refractivity contribution in [1.29, 1.82) is 0 Å². The molecule has 6 nitrogen and oxygen atoms in total. The number of hydrogen-bond acceptors (Lipinski definition) is 5. The van der Waals surface area contributed by atoms with Crippen LogP contribution in [0.25, 0.3) is 0 Å². The van der Waals surface area contributed by atoms with Gasteiger partial charge < -0.3 is 14.4 Å². The highest BCUT2D eigenvalue weighted by molar-refractivity contribution is 5.90. The fourth-order valence-corrected chi connectivity index (χ4v) is 3.05. The van der Waals surface area contributed by atoms with Crippen molar-refractivity contribution in [3.8, 4) is 0 Å². The normalized spacial score (nSPS) is 20.9. The summed E-state index contributed by atoms with van der Waals surface area (Å²) in [5, 5.41) is 0. The molecule has 1 fully saturated rings. The number of nitrogens with zero attached hydrogens (tertiary/aromatic N) is 2. The van der Waals surface area contributed by atoms with E-state index in [9.17, 15) is 9.59 Å². The SMILES string of the molecule is COCC1(C(=O)OC(C)(C)C)CCCN1C(=O)Cc1ccncc1. The molecule has 1 atom stereocenters. The second-order valence-corrected chi connectivity index (χ2v) is 7.15. The maximum absolute atomic E-state index is 12.8. The molecular weight excluding hydrogens is 308 g/mol. The molecule has 6 heteroatoms. The van der Waals surface area contributed by atoms with E-state index in [4.69, 9.17) is 9.47 Å². The lowest BCUT2D eigenvalue weighted by atomic mass is 9.96. The zero-order chi connectivity index (χ0) is 17.8. The van der Waals surface area contributed by atoms with Crippen molar-refractivity contribution in [2.75, 3.05) is 20.3 Å². The molecule has 132 valence electrons. The molecule has 0 radical (unpaired) electrons. The molecule has 0 aliphatic carbocycles. The molecule has 1 amide bonds. The van der Waals surface area contributed by atoms with Crippen LogP contribution in [0.1, 0.15) is 39.2 Å². The summed E-state index contributed by atoms with van der Waals surface area (Å²) >= 11 is 0. The van der Waals surface area contributed by atoms with Gasteiger partial charge in [-0.25, -0.2) is 4.79 Å². The van der Waals surface area contributed by atoms with E-state index in [-0.39, 0.29) is 18.9 Å². The Hall–Kier alpha value is -1.95. The number of pyridine rings is 1. The van der Waals surface area contributed by atoms with Crippen LogP contribution in [-0.4, -0.2) is 53.2 Å². The minimum Gasteiger partial charge on any atom is -0.458 e. The number of likely N-dealkylation sites (tertiary alicyclic amines) is 1. The van der Waals surface area contributed by atoms with Gasteiger partial charge in [-0.05, 0) is 51.3 Å². The third-order valence-electron chi connectivity index (χ3n) is 4.06. The number of carbonyl (C=O) groups is 2. The standard InChI is InChI=1S/C18H26N2O4/c1-17(2,3)24-16(22)18(13-23-4)8-5-11-20(18)15(21)12-14-6-9-19-10-7-14/h6-7,9-10H,5,8,11-13H2,1-4H3. The summed E-state index contributed by atoms with van der Waals surface area (Å²) in [5.74, 6) is -0.487. The predicted molar refractivity (Wildman–Crippen MR) is 89.3 cm³/mol. The molecule has 0 spiro atoms. The topological polar surface area (TPSA) is 68.7 Å². The van der Waals surface area contributed by atoms with Gasteiger partial charge >= 0.3 is 5.97 Å². The first-order valence-electron chi connectivity index (χ1n) is 8.20. The van der Waals surface area contributed by atoms with Gasteiger partial charge in [-0.1, -0.05) is 0 Å². The summed E-state index contributed by atoms with van der Waals surface area (Å²) in [4.78, 5) is 31.2. The molecule has 1 aliphatic rings. The summed E-state index contributed by atoms with van der Waals surface area (Å²) in [6.45, 7) is 6.15. The van der Waals surface area contributed by atoms with Gasteiger partial charge in [0.25, 0.3) is 0 Å². The molecule has 0 bridgehead atoms. The zero-order valence-electron chi connectivity index (χ0n) is 14.9. The maximum Gasteiger partial charge on any atom is 0.335 e. The van der Waals surface area contributed by atoms with E-state index in [1.807, 2.05) is 20.8 Å². The Kier molecular flexibility index (Phi) is 5.59. The van der Waals surface area contributed by atoms with Crippen LogP contribution in [0.3, 0.4) is 0 Å². The highest BCUT2D eigenvalue weighted by Crippen LogP contribution is 2.33. The van der Waals surface area contributed by atoms with E-state index in [1.165, 1.54) is 7.11 Å². The highest BCUT2D eigenvalue weighted by atomic mass is 16.6. The number of esters is 1. The molecule has 2 rings (SSSR count). The fraction of sp³-hybridized carbons (Fsp3) is 0.611. The van der Waals surface area contributed by atoms with Crippen LogP contribution in [0.5, 0.6) is 0 Å². The first-order chi connectivity index (χ1) is 11.3. The van der Waals surface area contributed by atoms with Crippen molar-refractivity contribution < 1.29 is 19.1 Å². The Balaban J connectivity index is 2.22. The largest absolute Gasteiger partial charge is 0.458 e. The molecule has 0 N–H and O–H groups in total. The molecule has 1 aromatic rings. The van der Waals surface area contributed by atoms with E-state index in [0.29, 0.717) is 13.0 Å². The van der Waals surface area contributed by atoms with Crippen molar-refractivity contribution in [3.05, 3.63) is 30.1 Å². The number of aromatic nitrogens is 1. The van der Waals surface area contributed by atoms with E-state index < -0.39 is 17.1 Å². The van der Waals surface area contributed by atoms with Crippen molar-refractivity contribution in [1.82, 2.24) is 9.88 Å². The lowest BCUT2D eigenvalue weighted by molar-refractivity contribution is -0.175. The zero-order valence-corrected chi connectivity index (χ0v) is 14.9. The van der Waals surface area contributed by atoms with Crippen molar-refractivity contribution in [2.24, 2.45) is 0 Å². The molecule has 1 aromatic heterocycles. The monoisotopic (exact) mass is 334 g/mol. The lowest BCUT2D eigenvalue weighted by Crippen LogP contribution is -2.58. The summed E-state index contributed by atoms with van der Waals surface area (Å²) in [5.41, 5.74) is -0.774. The fourth-order valence-electron chi connectivity index (χ4n) is 3.05. The van der Waals surface area contributed by atoms with E-state index in [2.05, 4.69) is 4.98 Å². The van der Waals surface area contributed by atoms with Crippen LogP contribution >= 0.6 is 0 Å². The molecule has 1 aliphatic heterocycles. The van der Waals surface area contributed by atoms with Gasteiger partial charge in [-0.3, -0.25) is 9.78 Å². The molecule has 0 saturated carbocycles. The van der Waals surface area contributed by atoms with Gasteiger partial charge in [0.1, 0.15) is 5.60 Å². The quantitative estimate of drug-likeness (QED) is 0.770. The molecule has 24 heavy (non-hydrogen) atoms. The average Bonchev–Trinajstić information content (AvgIpc) is 2.92. The van der Waals surface area contributed by atoms with Crippen molar-refractivity contribution in [3.63, 3.8) is 0 Å².